The molecule has 0 aliphatic carbocycles. The highest BCUT2D eigenvalue weighted by molar-refractivity contribution is 7.47. The van der Waals surface area contributed by atoms with Crippen LogP contribution in [0.1, 0.15) is 285 Å². The number of esters is 4. The number of phosphoric ester groups is 2. The highest BCUT2D eigenvalue weighted by Gasteiger charge is 2.30. The van der Waals surface area contributed by atoms with Gasteiger partial charge in [-0.1, -0.05) is 290 Å². The van der Waals surface area contributed by atoms with Crippen LogP contribution < -0.4 is 0 Å². The molecule has 0 saturated carbocycles. The molecule has 0 aliphatic heterocycles. The Kier molecular flexibility index (Phi) is 65.7. The summed E-state index contributed by atoms with van der Waals surface area (Å²) in [4.78, 5) is 72.6. The summed E-state index contributed by atoms with van der Waals surface area (Å²) >= 11 is 0. The Morgan fingerprint density at radius 1 is 0.312 bits per heavy atom. The van der Waals surface area contributed by atoms with Gasteiger partial charge >= 0.3 is 39.5 Å². The Labute approximate surface area is 581 Å². The van der Waals surface area contributed by atoms with Crippen molar-refractivity contribution in [3.8, 4) is 0 Å². The average Bonchev–Trinajstić information content (AvgIpc) is 2.18. The van der Waals surface area contributed by atoms with Crippen molar-refractivity contribution >= 4 is 39.5 Å². The third-order valence-corrected chi connectivity index (χ3v) is 16.9. The lowest BCUT2D eigenvalue weighted by Crippen LogP contribution is -2.30. The largest absolute Gasteiger partial charge is 0.472 e. The Balaban J connectivity index is 5.44. The van der Waals surface area contributed by atoms with E-state index in [0.29, 0.717) is 32.1 Å². The van der Waals surface area contributed by atoms with Gasteiger partial charge in [0.05, 0.1) is 32.8 Å². The minimum atomic E-state index is -5.01. The molecule has 0 fully saturated rings. The zero-order valence-corrected chi connectivity index (χ0v) is 61.5. The number of rotatable bonds is 68. The van der Waals surface area contributed by atoms with Gasteiger partial charge in [0.25, 0.3) is 0 Å². The van der Waals surface area contributed by atoms with E-state index < -0.39 is 97.5 Å². The predicted molar refractivity (Wildman–Crippen MR) is 390 cm³/mol. The van der Waals surface area contributed by atoms with Crippen LogP contribution in [0.5, 0.6) is 0 Å². The van der Waals surface area contributed by atoms with Crippen molar-refractivity contribution in [1.29, 1.82) is 0 Å². The first-order chi connectivity index (χ1) is 46.7. The summed E-state index contributed by atoms with van der Waals surface area (Å²) in [5.74, 6) is -2.39. The van der Waals surface area contributed by atoms with E-state index in [1.807, 2.05) is 24.3 Å². The molecule has 0 aromatic rings. The standard InChI is InChI=1S/C77H130O17P2/c1-5-9-13-17-21-25-29-32-34-35-37-39-43-46-50-54-58-62-75(80)88-68-73(94-77(82)64-60-56-52-48-44-40-36-33-30-26-22-18-14-10-6-2)70-92-96(85,86)90-66-71(78)65-89-95(83,84)91-69-72(93-76(81)63-59-55-51-47-41-28-24-20-16-12-8-4)67-87-74(79)61-57-53-49-45-42-38-31-27-23-19-15-11-7-3/h9-10,13-14,21-22,25-26,32-34,36-37,39,44,46,48,50,56,60,71-73,78H,5-8,11-12,15-20,23-24,27-31,35,38,40-43,45,47,49,51-55,57-59,61-70H2,1-4H3,(H,83,84)(H,85,86)/b13-9-,14-10-,25-21-,26-22-,34-32-,36-33-,39-37-,48-44-,50-46-,60-56-. The lowest BCUT2D eigenvalue weighted by Gasteiger charge is -2.21. The smallest absolute Gasteiger partial charge is 0.462 e. The third kappa shape index (κ3) is 68.0. The molecular formula is C77H130O17P2. The van der Waals surface area contributed by atoms with Crippen LogP contribution in [0.2, 0.25) is 0 Å². The summed E-state index contributed by atoms with van der Waals surface area (Å²) in [5, 5.41) is 10.6. The van der Waals surface area contributed by atoms with Crippen LogP contribution in [0.4, 0.5) is 0 Å². The van der Waals surface area contributed by atoms with Crippen LogP contribution in [-0.2, 0) is 65.4 Å². The van der Waals surface area contributed by atoms with Crippen molar-refractivity contribution < 1.29 is 80.2 Å². The molecule has 5 atom stereocenters. The van der Waals surface area contributed by atoms with Gasteiger partial charge in [-0.15, -0.1) is 0 Å². The Bertz CT molecular complexity index is 2300. The quantitative estimate of drug-likeness (QED) is 0.0169. The van der Waals surface area contributed by atoms with E-state index in [1.54, 1.807) is 12.2 Å². The van der Waals surface area contributed by atoms with Crippen molar-refractivity contribution in [3.63, 3.8) is 0 Å². The number of aliphatic hydroxyl groups is 1. The number of phosphoric acid groups is 2. The normalized spacial score (nSPS) is 14.7. The van der Waals surface area contributed by atoms with E-state index in [0.717, 1.165) is 103 Å². The fraction of sp³-hybridized carbons (Fsp3) is 0.688. The van der Waals surface area contributed by atoms with Crippen LogP contribution >= 0.6 is 15.6 Å². The fourth-order valence-corrected chi connectivity index (χ4v) is 11.0. The molecule has 96 heavy (non-hydrogen) atoms. The van der Waals surface area contributed by atoms with Gasteiger partial charge in [0, 0.05) is 19.3 Å². The first-order valence-corrected chi connectivity index (χ1v) is 39.8. The molecule has 0 amide bonds. The van der Waals surface area contributed by atoms with Crippen LogP contribution in [-0.4, -0.2) is 96.7 Å². The number of allylic oxidation sites excluding steroid dienone is 19. The predicted octanol–water partition coefficient (Wildman–Crippen LogP) is 20.8. The Hall–Kier alpha value is -4.54. The van der Waals surface area contributed by atoms with E-state index in [4.69, 9.17) is 37.0 Å². The summed E-state index contributed by atoms with van der Waals surface area (Å²) in [6, 6.07) is 0. The molecule has 0 heterocycles. The van der Waals surface area contributed by atoms with E-state index in [1.165, 1.54) is 96.3 Å². The van der Waals surface area contributed by atoms with Crippen molar-refractivity contribution in [2.75, 3.05) is 39.6 Å². The molecule has 0 radical (unpaired) electrons. The van der Waals surface area contributed by atoms with E-state index in [9.17, 15) is 43.2 Å². The second-order valence-electron chi connectivity index (χ2n) is 24.2. The summed E-state index contributed by atoms with van der Waals surface area (Å²) in [6.07, 6.45) is 73.9. The highest BCUT2D eigenvalue weighted by atomic mass is 31.2. The summed E-state index contributed by atoms with van der Waals surface area (Å²) < 4.78 is 68.1. The molecule has 550 valence electrons. The van der Waals surface area contributed by atoms with Crippen LogP contribution in [0.3, 0.4) is 0 Å². The van der Waals surface area contributed by atoms with Crippen molar-refractivity contribution in [2.45, 2.75) is 303 Å². The van der Waals surface area contributed by atoms with Crippen molar-refractivity contribution in [1.82, 2.24) is 0 Å². The maximum absolute atomic E-state index is 13.0. The topological polar surface area (TPSA) is 237 Å². The average molecular weight is 1390 g/mol. The minimum absolute atomic E-state index is 0.0613. The number of carbonyl (C=O) groups excluding carboxylic acids is 4. The highest BCUT2D eigenvalue weighted by Crippen LogP contribution is 2.45. The van der Waals surface area contributed by atoms with Gasteiger partial charge in [-0.25, -0.2) is 9.13 Å². The number of ether oxygens (including phenoxy) is 4. The summed E-state index contributed by atoms with van der Waals surface area (Å²) in [6.45, 7) is 4.45. The molecule has 0 aromatic heterocycles. The lowest BCUT2D eigenvalue weighted by molar-refractivity contribution is -0.161. The lowest BCUT2D eigenvalue weighted by atomic mass is 10.0. The molecule has 0 saturated heterocycles. The minimum Gasteiger partial charge on any atom is -0.462 e. The van der Waals surface area contributed by atoms with Gasteiger partial charge in [-0.3, -0.25) is 37.3 Å². The number of unbranched alkanes of at least 4 members (excludes halogenated alkanes) is 23. The van der Waals surface area contributed by atoms with Gasteiger partial charge in [-0.2, -0.15) is 0 Å². The monoisotopic (exact) mass is 1390 g/mol. The third-order valence-electron chi connectivity index (χ3n) is 15.0. The van der Waals surface area contributed by atoms with Crippen LogP contribution in [0, 0.1) is 0 Å². The molecule has 0 spiro atoms. The van der Waals surface area contributed by atoms with E-state index in [-0.39, 0.29) is 25.7 Å². The first-order valence-electron chi connectivity index (χ1n) is 36.8. The van der Waals surface area contributed by atoms with Crippen molar-refractivity contribution in [3.05, 3.63) is 122 Å². The van der Waals surface area contributed by atoms with Crippen LogP contribution in [0.15, 0.2) is 122 Å². The summed E-state index contributed by atoms with van der Waals surface area (Å²) in [7, 11) is -9.98. The molecule has 0 rings (SSSR count). The van der Waals surface area contributed by atoms with Crippen molar-refractivity contribution in [2.24, 2.45) is 0 Å². The zero-order chi connectivity index (χ0) is 70.4. The summed E-state index contributed by atoms with van der Waals surface area (Å²) in [5.41, 5.74) is 0. The van der Waals surface area contributed by atoms with Gasteiger partial charge in [0.2, 0.25) is 0 Å². The maximum atomic E-state index is 13.0. The van der Waals surface area contributed by atoms with Gasteiger partial charge in [0.1, 0.15) is 19.3 Å². The first kappa shape index (κ1) is 91.5. The van der Waals surface area contributed by atoms with Gasteiger partial charge < -0.3 is 33.8 Å². The molecule has 0 bridgehead atoms. The van der Waals surface area contributed by atoms with Gasteiger partial charge in [-0.05, 0) is 89.9 Å². The van der Waals surface area contributed by atoms with E-state index >= 15 is 0 Å². The molecule has 0 aromatic carbocycles. The molecule has 17 nitrogen and oxygen atoms in total. The second kappa shape index (κ2) is 69.0. The van der Waals surface area contributed by atoms with Crippen LogP contribution in [0.25, 0.3) is 0 Å². The maximum Gasteiger partial charge on any atom is 0.472 e. The molecule has 5 unspecified atom stereocenters. The Morgan fingerprint density at radius 3 is 0.927 bits per heavy atom. The number of hydrogen-bond donors (Lipinski definition) is 3. The zero-order valence-electron chi connectivity index (χ0n) is 59.8. The molecule has 19 heteroatoms. The SMILES string of the molecule is CC/C=C\C/C=C\C/C=C\C/C=C\C/C=C\CCCC(=O)OCC(COP(=O)(O)OCC(O)COP(=O)(O)OCC(COC(=O)CCCCCCCCCCCCCCC)OC(=O)CCCCCCCCCCCCC)OC(=O)C/C=C\C/C=C\C/C=C\C/C=C\C/C=C\CC. The number of carbonyl (C=O) groups is 4. The number of hydrogen-bond acceptors (Lipinski definition) is 15. The van der Waals surface area contributed by atoms with Gasteiger partial charge in [0.15, 0.2) is 12.2 Å². The molecule has 0 aliphatic rings. The Morgan fingerprint density at radius 2 is 0.583 bits per heavy atom. The second-order valence-corrected chi connectivity index (χ2v) is 27.1. The van der Waals surface area contributed by atoms with E-state index in [2.05, 4.69) is 113 Å². The fourth-order valence-electron chi connectivity index (χ4n) is 9.45. The molecular weight excluding hydrogens is 1260 g/mol. The number of aliphatic hydroxyl groups excluding tert-OH is 1. The molecule has 3 N–H and O–H groups in total.